The summed E-state index contributed by atoms with van der Waals surface area (Å²) in [5, 5.41) is 0. The van der Waals surface area contributed by atoms with Gasteiger partial charge in [-0.2, -0.15) is 0 Å². The lowest BCUT2D eigenvalue weighted by Crippen LogP contribution is -2.20. The zero-order chi connectivity index (χ0) is 13.1. The summed E-state index contributed by atoms with van der Waals surface area (Å²) >= 11 is 0. The highest BCUT2D eigenvalue weighted by Gasteiger charge is 2.23. The van der Waals surface area contributed by atoms with E-state index in [4.69, 9.17) is 9.47 Å². The summed E-state index contributed by atoms with van der Waals surface area (Å²) in [5.41, 5.74) is 3.71. The largest absolute Gasteiger partial charge is 0.487 e. The van der Waals surface area contributed by atoms with E-state index in [-0.39, 0.29) is 6.10 Å². The zero-order valence-corrected chi connectivity index (χ0v) is 11.1. The van der Waals surface area contributed by atoms with Crippen LogP contribution in [-0.4, -0.2) is 12.7 Å². The third kappa shape index (κ3) is 2.79. The van der Waals surface area contributed by atoms with E-state index in [0.717, 1.165) is 12.2 Å². The van der Waals surface area contributed by atoms with Crippen molar-refractivity contribution < 1.29 is 9.47 Å². The van der Waals surface area contributed by atoms with Crippen LogP contribution in [0.5, 0.6) is 5.75 Å². The van der Waals surface area contributed by atoms with Crippen LogP contribution in [0.2, 0.25) is 0 Å². The Balaban J connectivity index is 1.53. The molecule has 0 aromatic heterocycles. The van der Waals surface area contributed by atoms with Gasteiger partial charge in [-0.1, -0.05) is 48.5 Å². The number of hydrogen-bond acceptors (Lipinski definition) is 2. The predicted octanol–water partition coefficient (Wildman–Crippen LogP) is 3.52. The van der Waals surface area contributed by atoms with Gasteiger partial charge in [0, 0.05) is 6.42 Å². The fourth-order valence-electron chi connectivity index (χ4n) is 2.47. The maximum Gasteiger partial charge on any atom is 0.126 e. The minimum atomic E-state index is 0.153. The quantitative estimate of drug-likeness (QED) is 0.831. The van der Waals surface area contributed by atoms with Crippen LogP contribution in [0.25, 0.3) is 0 Å². The van der Waals surface area contributed by atoms with Crippen LogP contribution >= 0.6 is 0 Å². The number of fused-ring (bicyclic) bond motifs is 1. The van der Waals surface area contributed by atoms with Crippen LogP contribution in [0, 0.1) is 6.92 Å². The SMILES string of the molecule is Cc1cccc2c1OC(COCc1ccccc1)C2. The van der Waals surface area contributed by atoms with Gasteiger partial charge in [-0.25, -0.2) is 0 Å². The van der Waals surface area contributed by atoms with E-state index in [1.165, 1.54) is 16.7 Å². The zero-order valence-electron chi connectivity index (χ0n) is 11.1. The Morgan fingerprint density at radius 3 is 2.74 bits per heavy atom. The molecule has 0 amide bonds. The number of hydrogen-bond donors (Lipinski definition) is 0. The predicted molar refractivity (Wildman–Crippen MR) is 75.4 cm³/mol. The van der Waals surface area contributed by atoms with Gasteiger partial charge in [0.15, 0.2) is 0 Å². The molecule has 1 heterocycles. The fourth-order valence-corrected chi connectivity index (χ4v) is 2.47. The van der Waals surface area contributed by atoms with Crippen LogP contribution in [0.1, 0.15) is 16.7 Å². The molecule has 1 aliphatic rings. The second-order valence-corrected chi connectivity index (χ2v) is 5.01. The number of benzene rings is 2. The summed E-state index contributed by atoms with van der Waals surface area (Å²) in [6, 6.07) is 16.6. The molecule has 0 radical (unpaired) electrons. The average Bonchev–Trinajstić information content (AvgIpc) is 2.84. The van der Waals surface area contributed by atoms with Gasteiger partial charge in [0.2, 0.25) is 0 Å². The van der Waals surface area contributed by atoms with Crippen molar-refractivity contribution in [3.8, 4) is 5.75 Å². The van der Waals surface area contributed by atoms with Crippen molar-refractivity contribution in [2.75, 3.05) is 6.61 Å². The average molecular weight is 254 g/mol. The van der Waals surface area contributed by atoms with Gasteiger partial charge >= 0.3 is 0 Å². The maximum atomic E-state index is 5.95. The normalized spacial score (nSPS) is 17.0. The molecule has 2 nitrogen and oxygen atoms in total. The number of para-hydroxylation sites is 1. The minimum absolute atomic E-state index is 0.153. The minimum Gasteiger partial charge on any atom is -0.487 e. The van der Waals surface area contributed by atoms with E-state index in [1.54, 1.807) is 0 Å². The summed E-state index contributed by atoms with van der Waals surface area (Å²) < 4.78 is 11.7. The Hall–Kier alpha value is -1.80. The lowest BCUT2D eigenvalue weighted by Gasteiger charge is -2.12. The summed E-state index contributed by atoms with van der Waals surface area (Å²) in [6.45, 7) is 3.38. The highest BCUT2D eigenvalue weighted by Crippen LogP contribution is 2.31. The standard InChI is InChI=1S/C17H18O2/c1-13-6-5-9-15-10-16(19-17(13)15)12-18-11-14-7-3-2-4-8-14/h2-9,16H,10-12H2,1H3. The van der Waals surface area contributed by atoms with Crippen molar-refractivity contribution in [3.63, 3.8) is 0 Å². The van der Waals surface area contributed by atoms with Gasteiger partial charge in [-0.3, -0.25) is 0 Å². The molecule has 0 bridgehead atoms. The van der Waals surface area contributed by atoms with Crippen LogP contribution in [0.15, 0.2) is 48.5 Å². The molecular weight excluding hydrogens is 236 g/mol. The lowest BCUT2D eigenvalue weighted by atomic mass is 10.1. The van der Waals surface area contributed by atoms with E-state index < -0.39 is 0 Å². The Morgan fingerprint density at radius 1 is 1.11 bits per heavy atom. The molecule has 98 valence electrons. The fraction of sp³-hybridized carbons (Fsp3) is 0.294. The first-order chi connectivity index (χ1) is 9.33. The van der Waals surface area contributed by atoms with Crippen molar-refractivity contribution >= 4 is 0 Å². The summed E-state index contributed by atoms with van der Waals surface area (Å²) in [5.74, 6) is 1.05. The molecule has 2 heteroatoms. The van der Waals surface area contributed by atoms with Gasteiger partial charge in [0.1, 0.15) is 11.9 Å². The topological polar surface area (TPSA) is 18.5 Å². The summed E-state index contributed by atoms with van der Waals surface area (Å²) in [4.78, 5) is 0. The lowest BCUT2D eigenvalue weighted by molar-refractivity contribution is 0.0508. The molecule has 0 N–H and O–H groups in total. The number of rotatable bonds is 4. The molecule has 0 fully saturated rings. The van der Waals surface area contributed by atoms with E-state index >= 15 is 0 Å². The number of aryl methyl sites for hydroxylation is 1. The van der Waals surface area contributed by atoms with Crippen molar-refractivity contribution in [2.45, 2.75) is 26.1 Å². The highest BCUT2D eigenvalue weighted by atomic mass is 16.5. The molecule has 0 spiro atoms. The van der Waals surface area contributed by atoms with Crippen molar-refractivity contribution in [3.05, 3.63) is 65.2 Å². The Kier molecular flexibility index (Phi) is 3.51. The second-order valence-electron chi connectivity index (χ2n) is 5.01. The molecule has 0 saturated carbocycles. The first-order valence-corrected chi connectivity index (χ1v) is 6.70. The molecule has 19 heavy (non-hydrogen) atoms. The van der Waals surface area contributed by atoms with Crippen LogP contribution in [-0.2, 0) is 17.8 Å². The summed E-state index contributed by atoms with van der Waals surface area (Å²) in [6.07, 6.45) is 1.10. The third-order valence-electron chi connectivity index (χ3n) is 3.44. The second kappa shape index (κ2) is 5.45. The van der Waals surface area contributed by atoms with Gasteiger partial charge in [0.05, 0.1) is 13.2 Å². The maximum absolute atomic E-state index is 5.95. The molecule has 1 aliphatic heterocycles. The van der Waals surface area contributed by atoms with Crippen molar-refractivity contribution in [1.82, 2.24) is 0 Å². The highest BCUT2D eigenvalue weighted by molar-refractivity contribution is 5.43. The molecule has 2 aromatic rings. The van der Waals surface area contributed by atoms with E-state index in [0.29, 0.717) is 13.2 Å². The number of ether oxygens (including phenoxy) is 2. The van der Waals surface area contributed by atoms with E-state index in [9.17, 15) is 0 Å². The third-order valence-corrected chi connectivity index (χ3v) is 3.44. The van der Waals surface area contributed by atoms with Gasteiger partial charge < -0.3 is 9.47 Å². The molecule has 2 aromatic carbocycles. The molecule has 0 saturated heterocycles. The molecule has 1 unspecified atom stereocenters. The van der Waals surface area contributed by atoms with Crippen LogP contribution in [0.3, 0.4) is 0 Å². The van der Waals surface area contributed by atoms with Crippen molar-refractivity contribution in [2.24, 2.45) is 0 Å². The Labute approximate surface area is 114 Å². The Bertz CT molecular complexity index is 548. The van der Waals surface area contributed by atoms with Gasteiger partial charge in [0.25, 0.3) is 0 Å². The van der Waals surface area contributed by atoms with E-state index in [2.05, 4.69) is 37.3 Å². The first kappa shape index (κ1) is 12.2. The molecule has 3 rings (SSSR count). The van der Waals surface area contributed by atoms with Gasteiger partial charge in [-0.05, 0) is 23.6 Å². The van der Waals surface area contributed by atoms with Crippen molar-refractivity contribution in [1.29, 1.82) is 0 Å². The molecular formula is C17H18O2. The summed E-state index contributed by atoms with van der Waals surface area (Å²) in [7, 11) is 0. The smallest absolute Gasteiger partial charge is 0.126 e. The first-order valence-electron chi connectivity index (χ1n) is 6.70. The molecule has 1 atom stereocenters. The van der Waals surface area contributed by atoms with Gasteiger partial charge in [-0.15, -0.1) is 0 Å². The Morgan fingerprint density at radius 2 is 1.95 bits per heavy atom. The molecule has 0 aliphatic carbocycles. The van der Waals surface area contributed by atoms with Crippen LogP contribution in [0.4, 0.5) is 0 Å². The van der Waals surface area contributed by atoms with Crippen LogP contribution < -0.4 is 4.74 Å². The van der Waals surface area contributed by atoms with E-state index in [1.807, 2.05) is 18.2 Å². The monoisotopic (exact) mass is 254 g/mol.